The van der Waals surface area contributed by atoms with Gasteiger partial charge in [-0.05, 0) is 31.0 Å². The third-order valence-electron chi connectivity index (χ3n) is 4.18. The Morgan fingerprint density at radius 3 is 2.81 bits per heavy atom. The van der Waals surface area contributed by atoms with Crippen molar-refractivity contribution in [3.63, 3.8) is 0 Å². The van der Waals surface area contributed by atoms with Gasteiger partial charge in [-0.15, -0.1) is 0 Å². The van der Waals surface area contributed by atoms with Crippen LogP contribution in [0.15, 0.2) is 23.2 Å². The molecule has 0 bridgehead atoms. The molecule has 0 aliphatic carbocycles. The molecule has 2 rings (SSSR count). The summed E-state index contributed by atoms with van der Waals surface area (Å²) in [5.41, 5.74) is 0.768. The zero-order valence-corrected chi connectivity index (χ0v) is 15.5. The van der Waals surface area contributed by atoms with E-state index < -0.39 is 6.61 Å². The number of guanidine groups is 1. The van der Waals surface area contributed by atoms with Crippen molar-refractivity contribution < 1.29 is 23.0 Å². The van der Waals surface area contributed by atoms with E-state index in [4.69, 9.17) is 9.47 Å². The molecule has 8 heteroatoms. The number of ether oxygens (including phenoxy) is 3. The smallest absolute Gasteiger partial charge is 0.387 e. The Labute approximate surface area is 153 Å². The molecule has 0 radical (unpaired) electrons. The van der Waals surface area contributed by atoms with Crippen LogP contribution >= 0.6 is 0 Å². The van der Waals surface area contributed by atoms with Crippen LogP contribution in [0.1, 0.15) is 18.9 Å². The predicted octanol–water partition coefficient (Wildman–Crippen LogP) is 2.73. The number of hydrogen-bond donors (Lipinski definition) is 1. The first-order valence-corrected chi connectivity index (χ1v) is 8.71. The van der Waals surface area contributed by atoms with Crippen LogP contribution in [0.25, 0.3) is 0 Å². The van der Waals surface area contributed by atoms with Gasteiger partial charge in [0.25, 0.3) is 0 Å². The van der Waals surface area contributed by atoms with Crippen LogP contribution in [0.4, 0.5) is 8.78 Å². The minimum absolute atomic E-state index is 0.0153. The fourth-order valence-corrected chi connectivity index (χ4v) is 3.00. The molecule has 1 saturated heterocycles. The first-order valence-electron chi connectivity index (χ1n) is 8.71. The molecule has 1 atom stereocenters. The highest BCUT2D eigenvalue weighted by Crippen LogP contribution is 2.29. The monoisotopic (exact) mass is 371 g/mol. The van der Waals surface area contributed by atoms with Crippen molar-refractivity contribution in [2.45, 2.75) is 26.5 Å². The van der Waals surface area contributed by atoms with Gasteiger partial charge in [0.15, 0.2) is 17.5 Å². The van der Waals surface area contributed by atoms with E-state index >= 15 is 0 Å². The highest BCUT2D eigenvalue weighted by atomic mass is 19.3. The van der Waals surface area contributed by atoms with Crippen molar-refractivity contribution >= 4 is 5.96 Å². The summed E-state index contributed by atoms with van der Waals surface area (Å²) in [6.45, 7) is 2.78. The Morgan fingerprint density at radius 2 is 2.15 bits per heavy atom. The summed E-state index contributed by atoms with van der Waals surface area (Å²) < 4.78 is 39.9. The molecule has 0 aromatic heterocycles. The van der Waals surface area contributed by atoms with E-state index in [9.17, 15) is 8.78 Å². The fraction of sp³-hybridized carbons (Fsp3) is 0.611. The van der Waals surface area contributed by atoms with Gasteiger partial charge in [-0.3, -0.25) is 0 Å². The fourth-order valence-electron chi connectivity index (χ4n) is 3.00. The zero-order valence-electron chi connectivity index (χ0n) is 15.5. The van der Waals surface area contributed by atoms with Crippen LogP contribution in [-0.4, -0.2) is 57.9 Å². The van der Waals surface area contributed by atoms with Crippen molar-refractivity contribution in [3.8, 4) is 11.5 Å². The number of halogens is 2. The SMILES string of the molecule is CCNC(=NCc1ccc(OC)c(OC(F)F)c1)N1CCC(COC)C1. The summed E-state index contributed by atoms with van der Waals surface area (Å²) in [5.74, 6) is 1.60. The molecule has 1 aromatic rings. The Morgan fingerprint density at radius 1 is 1.35 bits per heavy atom. The maximum absolute atomic E-state index is 12.6. The van der Waals surface area contributed by atoms with Gasteiger partial charge in [0.05, 0.1) is 20.3 Å². The van der Waals surface area contributed by atoms with Gasteiger partial charge in [0, 0.05) is 32.7 Å². The summed E-state index contributed by atoms with van der Waals surface area (Å²) in [7, 11) is 3.13. The standard InChI is InChI=1S/C18H27F2N3O3/c1-4-21-18(23-8-7-14(11-23)12-24-2)22-10-13-5-6-15(25-3)16(9-13)26-17(19)20/h5-6,9,14,17H,4,7-8,10-12H2,1-3H3,(H,21,22). The average molecular weight is 371 g/mol. The van der Waals surface area contributed by atoms with Crippen LogP contribution in [0.2, 0.25) is 0 Å². The van der Waals surface area contributed by atoms with Gasteiger partial charge >= 0.3 is 6.61 Å². The minimum atomic E-state index is -2.90. The Balaban J connectivity index is 2.09. The molecule has 1 aliphatic heterocycles. The van der Waals surface area contributed by atoms with Crippen molar-refractivity contribution in [3.05, 3.63) is 23.8 Å². The number of methoxy groups -OCH3 is 2. The van der Waals surface area contributed by atoms with E-state index in [0.29, 0.717) is 12.5 Å². The molecule has 1 N–H and O–H groups in total. The molecule has 0 spiro atoms. The number of nitrogens with zero attached hydrogens (tertiary/aromatic N) is 2. The molecule has 1 aromatic carbocycles. The van der Waals surface area contributed by atoms with E-state index in [0.717, 1.165) is 44.2 Å². The molecule has 1 heterocycles. The van der Waals surface area contributed by atoms with E-state index in [1.54, 1.807) is 19.2 Å². The van der Waals surface area contributed by atoms with Gasteiger partial charge in [0.1, 0.15) is 0 Å². The van der Waals surface area contributed by atoms with Gasteiger partial charge in [-0.25, -0.2) is 4.99 Å². The molecule has 0 saturated carbocycles. The summed E-state index contributed by atoms with van der Waals surface area (Å²) in [5, 5.41) is 3.29. The second kappa shape index (κ2) is 10.2. The molecule has 0 amide bonds. The topological polar surface area (TPSA) is 55.3 Å². The number of alkyl halides is 2. The molecule has 6 nitrogen and oxygen atoms in total. The minimum Gasteiger partial charge on any atom is -0.493 e. The largest absolute Gasteiger partial charge is 0.493 e. The van der Waals surface area contributed by atoms with Crippen molar-refractivity contribution in [1.82, 2.24) is 10.2 Å². The highest BCUT2D eigenvalue weighted by Gasteiger charge is 2.24. The van der Waals surface area contributed by atoms with E-state index in [-0.39, 0.29) is 11.5 Å². The highest BCUT2D eigenvalue weighted by molar-refractivity contribution is 5.80. The summed E-state index contributed by atoms with van der Waals surface area (Å²) in [6, 6.07) is 4.94. The second-order valence-electron chi connectivity index (χ2n) is 6.09. The lowest BCUT2D eigenvalue weighted by molar-refractivity contribution is -0.0512. The van der Waals surface area contributed by atoms with Gasteiger partial charge in [-0.1, -0.05) is 6.07 Å². The number of rotatable bonds is 8. The second-order valence-corrected chi connectivity index (χ2v) is 6.09. The van der Waals surface area contributed by atoms with E-state index in [1.165, 1.54) is 13.2 Å². The Hall–Kier alpha value is -2.09. The number of likely N-dealkylation sites (tertiary alicyclic amines) is 1. The molecule has 1 aliphatic rings. The Kier molecular flexibility index (Phi) is 7.90. The summed E-state index contributed by atoms with van der Waals surface area (Å²) >= 11 is 0. The number of benzene rings is 1. The summed E-state index contributed by atoms with van der Waals surface area (Å²) in [6.07, 6.45) is 1.06. The maximum Gasteiger partial charge on any atom is 0.387 e. The molecule has 146 valence electrons. The van der Waals surface area contributed by atoms with Crippen molar-refractivity contribution in [2.75, 3.05) is 40.5 Å². The van der Waals surface area contributed by atoms with Gasteiger partial charge in [-0.2, -0.15) is 8.78 Å². The van der Waals surface area contributed by atoms with Gasteiger partial charge < -0.3 is 24.4 Å². The number of aliphatic imine (C=N–C) groups is 1. The number of hydrogen-bond acceptors (Lipinski definition) is 4. The van der Waals surface area contributed by atoms with E-state index in [1.807, 2.05) is 6.92 Å². The number of nitrogens with one attached hydrogen (secondary N) is 1. The molecule has 26 heavy (non-hydrogen) atoms. The van der Waals surface area contributed by atoms with Crippen LogP contribution < -0.4 is 14.8 Å². The molecular weight excluding hydrogens is 344 g/mol. The molecule has 1 unspecified atom stereocenters. The third kappa shape index (κ3) is 5.72. The lowest BCUT2D eigenvalue weighted by Crippen LogP contribution is -2.40. The van der Waals surface area contributed by atoms with Crippen LogP contribution in [0, 0.1) is 5.92 Å². The first-order chi connectivity index (χ1) is 12.6. The summed E-state index contributed by atoms with van der Waals surface area (Å²) in [4.78, 5) is 6.84. The van der Waals surface area contributed by atoms with Crippen molar-refractivity contribution in [2.24, 2.45) is 10.9 Å². The first kappa shape index (κ1) is 20.2. The van der Waals surface area contributed by atoms with Crippen LogP contribution in [0.3, 0.4) is 0 Å². The third-order valence-corrected chi connectivity index (χ3v) is 4.18. The lowest BCUT2D eigenvalue weighted by Gasteiger charge is -2.21. The average Bonchev–Trinajstić information content (AvgIpc) is 3.07. The lowest BCUT2D eigenvalue weighted by atomic mass is 10.1. The van der Waals surface area contributed by atoms with Crippen molar-refractivity contribution in [1.29, 1.82) is 0 Å². The normalized spacial score (nSPS) is 17.7. The van der Waals surface area contributed by atoms with Gasteiger partial charge in [0.2, 0.25) is 0 Å². The molecule has 1 fully saturated rings. The Bertz CT molecular complexity index is 599. The van der Waals surface area contributed by atoms with E-state index in [2.05, 4.69) is 19.9 Å². The van der Waals surface area contributed by atoms with Crippen LogP contribution in [-0.2, 0) is 11.3 Å². The predicted molar refractivity (Wildman–Crippen MR) is 96.0 cm³/mol. The maximum atomic E-state index is 12.6. The zero-order chi connectivity index (χ0) is 18.9. The molecular formula is C18H27F2N3O3. The quantitative estimate of drug-likeness (QED) is 0.563. The van der Waals surface area contributed by atoms with Crippen LogP contribution in [0.5, 0.6) is 11.5 Å².